The predicted octanol–water partition coefficient (Wildman–Crippen LogP) is 1.15. The van der Waals surface area contributed by atoms with E-state index in [1.165, 1.54) is 0 Å². The van der Waals surface area contributed by atoms with Crippen LogP contribution in [0.4, 0.5) is 0 Å². The van der Waals surface area contributed by atoms with E-state index in [9.17, 15) is 0 Å². The van der Waals surface area contributed by atoms with Crippen LogP contribution in [0.15, 0.2) is 12.7 Å². The highest BCUT2D eigenvalue weighted by atomic mass is 16.2. The second-order valence-electron chi connectivity index (χ2n) is 1.34. The predicted molar refractivity (Wildman–Crippen MR) is 30.8 cm³/mol. The molecule has 0 heterocycles. The molecular formula is C6H11O. The fourth-order valence-corrected chi connectivity index (χ4v) is 0.327. The van der Waals surface area contributed by atoms with Crippen molar-refractivity contribution >= 4 is 0 Å². The number of hydrogen-bond donors (Lipinski definition) is 1. The van der Waals surface area contributed by atoms with E-state index >= 15 is 0 Å². The first-order chi connectivity index (χ1) is 3.41. The number of hydrogen-bond acceptors (Lipinski definition) is 1. The van der Waals surface area contributed by atoms with Crippen molar-refractivity contribution in [2.24, 2.45) is 0 Å². The largest absolute Gasteiger partial charge is 0.396 e. The Morgan fingerprint density at radius 2 is 2.14 bits per heavy atom. The molecule has 1 heteroatoms. The van der Waals surface area contributed by atoms with Crippen LogP contribution >= 0.6 is 0 Å². The van der Waals surface area contributed by atoms with E-state index in [1.807, 2.05) is 12.5 Å². The van der Waals surface area contributed by atoms with E-state index in [-0.39, 0.29) is 6.61 Å². The molecule has 0 amide bonds. The first kappa shape index (κ1) is 6.70. The molecule has 0 aliphatic heterocycles. The summed E-state index contributed by atoms with van der Waals surface area (Å²) in [5.41, 5.74) is 0. The van der Waals surface area contributed by atoms with Gasteiger partial charge < -0.3 is 5.11 Å². The second-order valence-corrected chi connectivity index (χ2v) is 1.34. The molecule has 0 aliphatic rings. The molecular weight excluding hydrogens is 88.1 g/mol. The van der Waals surface area contributed by atoms with Gasteiger partial charge in [0.05, 0.1) is 0 Å². The van der Waals surface area contributed by atoms with Gasteiger partial charge in [-0.25, -0.2) is 0 Å². The maximum atomic E-state index is 8.20. The lowest BCUT2D eigenvalue weighted by atomic mass is 10.2. The minimum Gasteiger partial charge on any atom is -0.396 e. The Morgan fingerprint density at radius 3 is 2.57 bits per heavy atom. The van der Waals surface area contributed by atoms with Gasteiger partial charge in [0, 0.05) is 6.61 Å². The number of aliphatic hydroxyl groups excluding tert-OH is 1. The number of unbranched alkanes of at least 4 members (excludes halogenated alkanes) is 2. The van der Waals surface area contributed by atoms with Crippen molar-refractivity contribution in [2.45, 2.75) is 12.8 Å². The maximum absolute atomic E-state index is 8.20. The van der Waals surface area contributed by atoms with E-state index in [0.717, 1.165) is 12.8 Å². The van der Waals surface area contributed by atoms with Gasteiger partial charge in [0.15, 0.2) is 0 Å². The van der Waals surface area contributed by atoms with Gasteiger partial charge in [-0.15, -0.1) is 6.58 Å². The van der Waals surface area contributed by atoms with Crippen LogP contribution in [-0.4, -0.2) is 11.7 Å². The number of allylic oxidation sites excluding steroid dienone is 1. The van der Waals surface area contributed by atoms with Crippen LogP contribution < -0.4 is 0 Å². The van der Waals surface area contributed by atoms with Crippen LogP contribution in [0.5, 0.6) is 0 Å². The van der Waals surface area contributed by atoms with Gasteiger partial charge >= 0.3 is 0 Å². The summed E-state index contributed by atoms with van der Waals surface area (Å²) in [5.74, 6) is 0. The Hall–Kier alpha value is -0.300. The minimum absolute atomic E-state index is 0.188. The highest BCUT2D eigenvalue weighted by Gasteiger charge is 1.78. The van der Waals surface area contributed by atoms with Crippen molar-refractivity contribution in [3.63, 3.8) is 0 Å². The molecule has 0 aromatic heterocycles. The SMILES string of the molecule is C=CCC[CH]CO. The lowest BCUT2D eigenvalue weighted by molar-refractivity contribution is 0.323. The van der Waals surface area contributed by atoms with Gasteiger partial charge in [-0.05, 0) is 19.3 Å². The normalized spacial score (nSPS) is 8.71. The summed E-state index contributed by atoms with van der Waals surface area (Å²) in [4.78, 5) is 0. The Labute approximate surface area is 44.7 Å². The molecule has 0 unspecified atom stereocenters. The van der Waals surface area contributed by atoms with Crippen molar-refractivity contribution in [3.8, 4) is 0 Å². The molecule has 1 nitrogen and oxygen atoms in total. The van der Waals surface area contributed by atoms with Crippen molar-refractivity contribution in [1.29, 1.82) is 0 Å². The van der Waals surface area contributed by atoms with Crippen LogP contribution in [0.3, 0.4) is 0 Å². The molecule has 7 heavy (non-hydrogen) atoms. The van der Waals surface area contributed by atoms with Crippen molar-refractivity contribution in [1.82, 2.24) is 0 Å². The summed E-state index contributed by atoms with van der Waals surface area (Å²) < 4.78 is 0. The van der Waals surface area contributed by atoms with Crippen LogP contribution in [0.2, 0.25) is 0 Å². The molecule has 1 N–H and O–H groups in total. The van der Waals surface area contributed by atoms with Gasteiger partial charge in [-0.2, -0.15) is 0 Å². The summed E-state index contributed by atoms with van der Waals surface area (Å²) in [6, 6.07) is 0. The summed E-state index contributed by atoms with van der Waals surface area (Å²) in [7, 11) is 0. The molecule has 0 spiro atoms. The summed E-state index contributed by atoms with van der Waals surface area (Å²) in [6.45, 7) is 3.72. The van der Waals surface area contributed by atoms with E-state index in [4.69, 9.17) is 5.11 Å². The second kappa shape index (κ2) is 5.70. The Balaban J connectivity index is 2.56. The van der Waals surface area contributed by atoms with E-state index in [2.05, 4.69) is 6.58 Å². The van der Waals surface area contributed by atoms with E-state index < -0.39 is 0 Å². The zero-order chi connectivity index (χ0) is 5.54. The van der Waals surface area contributed by atoms with Crippen LogP contribution in [0, 0.1) is 6.42 Å². The highest BCUT2D eigenvalue weighted by Crippen LogP contribution is 1.90. The van der Waals surface area contributed by atoms with Crippen LogP contribution in [-0.2, 0) is 0 Å². The van der Waals surface area contributed by atoms with Crippen molar-refractivity contribution in [3.05, 3.63) is 19.1 Å². The summed E-state index contributed by atoms with van der Waals surface area (Å²) in [6.07, 6.45) is 5.58. The smallest absolute Gasteiger partial charge is 0.0462 e. The lowest BCUT2D eigenvalue weighted by Crippen LogP contribution is -1.80. The molecule has 0 rings (SSSR count). The van der Waals surface area contributed by atoms with Gasteiger partial charge in [0.25, 0.3) is 0 Å². The molecule has 0 aromatic rings. The average Bonchev–Trinajstić information content (AvgIpc) is 1.69. The molecule has 0 fully saturated rings. The molecule has 1 radical (unpaired) electrons. The number of aliphatic hydroxyl groups is 1. The Bertz CT molecular complexity index is 41.4. The fourth-order valence-electron chi connectivity index (χ4n) is 0.327. The first-order valence-electron chi connectivity index (χ1n) is 2.45. The van der Waals surface area contributed by atoms with Gasteiger partial charge in [-0.3, -0.25) is 0 Å². The Morgan fingerprint density at radius 1 is 1.43 bits per heavy atom. The fraction of sp³-hybridized carbons (Fsp3) is 0.500. The molecule has 41 valence electrons. The number of rotatable bonds is 4. The van der Waals surface area contributed by atoms with Crippen LogP contribution in [0.1, 0.15) is 12.8 Å². The molecule has 0 atom stereocenters. The maximum Gasteiger partial charge on any atom is 0.0462 e. The average molecular weight is 99.2 g/mol. The van der Waals surface area contributed by atoms with Gasteiger partial charge in [0.1, 0.15) is 0 Å². The zero-order valence-corrected chi connectivity index (χ0v) is 4.43. The monoisotopic (exact) mass is 99.1 g/mol. The molecule has 0 aliphatic carbocycles. The first-order valence-corrected chi connectivity index (χ1v) is 2.45. The minimum atomic E-state index is 0.188. The van der Waals surface area contributed by atoms with E-state index in [0.29, 0.717) is 0 Å². The summed E-state index contributed by atoms with van der Waals surface area (Å²) in [5, 5.41) is 8.20. The Kier molecular flexibility index (Phi) is 5.46. The van der Waals surface area contributed by atoms with Crippen molar-refractivity contribution in [2.75, 3.05) is 6.61 Å². The standard InChI is InChI=1S/C6H11O/c1-2-3-4-5-6-7/h2,5,7H,1,3-4,6H2. The third-order valence-electron chi connectivity index (χ3n) is 0.704. The topological polar surface area (TPSA) is 20.2 Å². The lowest BCUT2D eigenvalue weighted by Gasteiger charge is -1.87. The highest BCUT2D eigenvalue weighted by molar-refractivity contribution is 4.72. The molecule has 0 aromatic carbocycles. The quantitative estimate of drug-likeness (QED) is 0.414. The van der Waals surface area contributed by atoms with E-state index in [1.54, 1.807) is 0 Å². The van der Waals surface area contributed by atoms with Gasteiger partial charge in [0.2, 0.25) is 0 Å². The molecule has 0 bridgehead atoms. The molecule has 0 saturated carbocycles. The van der Waals surface area contributed by atoms with Gasteiger partial charge in [-0.1, -0.05) is 6.08 Å². The summed E-state index contributed by atoms with van der Waals surface area (Å²) >= 11 is 0. The third kappa shape index (κ3) is 5.70. The molecule has 0 saturated heterocycles. The van der Waals surface area contributed by atoms with Crippen molar-refractivity contribution < 1.29 is 5.11 Å². The van der Waals surface area contributed by atoms with Crippen LogP contribution in [0.25, 0.3) is 0 Å². The zero-order valence-electron chi connectivity index (χ0n) is 4.43. The third-order valence-corrected chi connectivity index (χ3v) is 0.704.